The van der Waals surface area contributed by atoms with E-state index in [4.69, 9.17) is 0 Å². The molecular weight excluding hydrogens is 295 g/mol. The topological polar surface area (TPSA) is 47.0 Å². The predicted molar refractivity (Wildman–Crippen MR) is 75.3 cm³/mol. The first-order valence-electron chi connectivity index (χ1n) is 6.92. The number of Topliss-reactive ketones (excluding diaryl/α,β-unsaturated/α-hetero) is 2. The van der Waals surface area contributed by atoms with Gasteiger partial charge in [0.1, 0.15) is 5.69 Å². The summed E-state index contributed by atoms with van der Waals surface area (Å²) in [4.78, 5) is 26.0. The molecule has 0 N–H and O–H groups in total. The third-order valence-corrected chi connectivity index (χ3v) is 2.82. The van der Waals surface area contributed by atoms with Crippen LogP contribution in [-0.2, 0) is 4.79 Å². The molecule has 118 valence electrons. The van der Waals surface area contributed by atoms with Crippen LogP contribution in [0.3, 0.4) is 0 Å². The number of nitrogens with zero attached hydrogens (tertiary/aromatic N) is 1. The van der Waals surface area contributed by atoms with E-state index < -0.39 is 24.2 Å². The maximum Gasteiger partial charge on any atom is 0.450 e. The molecule has 0 spiro atoms. The van der Waals surface area contributed by atoms with Gasteiger partial charge in [0.2, 0.25) is 5.78 Å². The third-order valence-electron chi connectivity index (χ3n) is 2.82. The Morgan fingerprint density at radius 3 is 2.50 bits per heavy atom. The van der Waals surface area contributed by atoms with Crippen molar-refractivity contribution in [3.8, 4) is 11.8 Å². The van der Waals surface area contributed by atoms with Crippen LogP contribution in [0.2, 0.25) is 0 Å². The zero-order valence-corrected chi connectivity index (χ0v) is 12.2. The van der Waals surface area contributed by atoms with Crippen molar-refractivity contribution >= 4 is 11.6 Å². The molecule has 0 unspecified atom stereocenters. The largest absolute Gasteiger partial charge is 0.450 e. The number of aromatic nitrogens is 1. The van der Waals surface area contributed by atoms with Gasteiger partial charge in [0.25, 0.3) is 0 Å². The maximum atomic E-state index is 12.1. The van der Waals surface area contributed by atoms with Gasteiger partial charge in [-0.1, -0.05) is 31.6 Å². The van der Waals surface area contributed by atoms with E-state index in [9.17, 15) is 22.8 Å². The van der Waals surface area contributed by atoms with E-state index in [1.807, 2.05) is 0 Å². The van der Waals surface area contributed by atoms with Gasteiger partial charge in [0.05, 0.1) is 6.42 Å². The van der Waals surface area contributed by atoms with E-state index in [0.717, 1.165) is 25.7 Å². The summed E-state index contributed by atoms with van der Waals surface area (Å²) >= 11 is 0. The number of halogens is 3. The number of rotatable bonds is 6. The number of pyridine rings is 1. The van der Waals surface area contributed by atoms with Crippen molar-refractivity contribution in [3.63, 3.8) is 0 Å². The Balaban J connectivity index is 2.61. The van der Waals surface area contributed by atoms with Gasteiger partial charge in [-0.2, -0.15) is 13.2 Å². The molecule has 1 aromatic rings. The van der Waals surface area contributed by atoms with Crippen LogP contribution < -0.4 is 0 Å². The van der Waals surface area contributed by atoms with Gasteiger partial charge in [0.15, 0.2) is 5.78 Å². The molecule has 0 aliphatic carbocycles. The lowest BCUT2D eigenvalue weighted by Gasteiger charge is -2.03. The first-order valence-corrected chi connectivity index (χ1v) is 6.92. The Morgan fingerprint density at radius 2 is 1.95 bits per heavy atom. The average molecular weight is 311 g/mol. The number of alkyl halides is 3. The molecule has 0 atom stereocenters. The lowest BCUT2D eigenvalue weighted by molar-refractivity contribution is -0.170. The number of carbonyl (C=O) groups excluding carboxylic acids is 2. The normalized spacial score (nSPS) is 10.7. The quantitative estimate of drug-likeness (QED) is 0.348. The van der Waals surface area contributed by atoms with E-state index in [2.05, 4.69) is 23.7 Å². The molecule has 1 heterocycles. The minimum Gasteiger partial charge on any atom is -0.292 e. The van der Waals surface area contributed by atoms with Crippen LogP contribution in [0.5, 0.6) is 0 Å². The second-order valence-corrected chi connectivity index (χ2v) is 4.71. The third kappa shape index (κ3) is 6.08. The molecule has 0 saturated heterocycles. The summed E-state index contributed by atoms with van der Waals surface area (Å²) in [5.41, 5.74) is 0.407. The number of hydrogen-bond acceptors (Lipinski definition) is 3. The molecule has 3 nitrogen and oxygen atoms in total. The number of ketones is 2. The Labute approximate surface area is 126 Å². The van der Waals surface area contributed by atoms with Crippen LogP contribution in [0.4, 0.5) is 13.2 Å². The van der Waals surface area contributed by atoms with Crippen molar-refractivity contribution in [2.24, 2.45) is 0 Å². The Morgan fingerprint density at radius 1 is 1.23 bits per heavy atom. The number of carbonyl (C=O) groups is 2. The van der Waals surface area contributed by atoms with Crippen molar-refractivity contribution in [3.05, 3.63) is 29.6 Å². The Bertz CT molecular complexity index is 580. The van der Waals surface area contributed by atoms with Crippen molar-refractivity contribution < 1.29 is 22.8 Å². The van der Waals surface area contributed by atoms with Crippen LogP contribution in [0.25, 0.3) is 0 Å². The molecule has 1 aromatic heterocycles. The molecular formula is C16H16F3NO2. The highest BCUT2D eigenvalue weighted by molar-refractivity contribution is 6.08. The average Bonchev–Trinajstić information content (AvgIpc) is 2.46. The molecule has 0 bridgehead atoms. The van der Waals surface area contributed by atoms with Crippen LogP contribution in [0, 0.1) is 11.8 Å². The molecule has 0 aliphatic rings. The molecule has 0 fully saturated rings. The fraction of sp³-hybridized carbons (Fsp3) is 0.438. The first-order chi connectivity index (χ1) is 10.3. The second-order valence-electron chi connectivity index (χ2n) is 4.71. The highest BCUT2D eigenvalue weighted by Gasteiger charge is 2.39. The van der Waals surface area contributed by atoms with Gasteiger partial charge < -0.3 is 0 Å². The fourth-order valence-corrected chi connectivity index (χ4v) is 1.60. The summed E-state index contributed by atoms with van der Waals surface area (Å²) < 4.78 is 36.2. The van der Waals surface area contributed by atoms with Gasteiger partial charge in [-0.3, -0.25) is 14.6 Å². The van der Waals surface area contributed by atoms with Crippen LogP contribution >= 0.6 is 0 Å². The smallest absolute Gasteiger partial charge is 0.292 e. The second kappa shape index (κ2) is 8.32. The fourth-order valence-electron chi connectivity index (χ4n) is 1.60. The molecule has 0 saturated carbocycles. The lowest BCUT2D eigenvalue weighted by atomic mass is 10.1. The highest BCUT2D eigenvalue weighted by Crippen LogP contribution is 2.18. The van der Waals surface area contributed by atoms with Crippen LogP contribution in [0.1, 0.15) is 55.1 Å². The van der Waals surface area contributed by atoms with Crippen molar-refractivity contribution in [2.45, 2.75) is 45.2 Å². The highest BCUT2D eigenvalue weighted by atomic mass is 19.4. The molecule has 0 aromatic carbocycles. The van der Waals surface area contributed by atoms with Crippen LogP contribution in [-0.4, -0.2) is 22.7 Å². The Hall–Kier alpha value is -2.16. The van der Waals surface area contributed by atoms with Crippen molar-refractivity contribution in [1.82, 2.24) is 4.98 Å². The van der Waals surface area contributed by atoms with E-state index in [1.165, 1.54) is 18.3 Å². The molecule has 0 amide bonds. The van der Waals surface area contributed by atoms with Crippen molar-refractivity contribution in [1.29, 1.82) is 0 Å². The van der Waals surface area contributed by atoms with E-state index in [-0.39, 0.29) is 5.69 Å². The summed E-state index contributed by atoms with van der Waals surface area (Å²) in [6, 6.07) is 2.78. The first kappa shape index (κ1) is 17.9. The van der Waals surface area contributed by atoms with Gasteiger partial charge in [-0.25, -0.2) is 0 Å². The summed E-state index contributed by atoms with van der Waals surface area (Å²) in [6.07, 6.45) is -0.928. The molecule has 0 radical (unpaired) electrons. The summed E-state index contributed by atoms with van der Waals surface area (Å²) in [7, 11) is 0. The molecule has 6 heteroatoms. The van der Waals surface area contributed by atoms with Gasteiger partial charge in [-0.05, 0) is 18.6 Å². The number of unbranched alkanes of at least 4 members (excludes halogenated alkanes) is 3. The number of hydrogen-bond donors (Lipinski definition) is 0. The standard InChI is InChI=1S/C16H16F3NO2/c1-2-3-4-5-6-7-12-8-9-13(20-11-12)14(21)10-15(22)16(17,18)19/h8-9,11H,2-5,10H2,1H3. The SMILES string of the molecule is CCCCCC#Cc1ccc(C(=O)CC(=O)C(F)(F)F)nc1. The molecule has 0 aliphatic heterocycles. The van der Waals surface area contributed by atoms with Crippen LogP contribution in [0.15, 0.2) is 18.3 Å². The predicted octanol–water partition coefficient (Wildman–Crippen LogP) is 3.72. The minimum absolute atomic E-state index is 0.172. The van der Waals surface area contributed by atoms with E-state index in [0.29, 0.717) is 5.56 Å². The maximum absolute atomic E-state index is 12.1. The lowest BCUT2D eigenvalue weighted by Crippen LogP contribution is -2.25. The zero-order valence-electron chi connectivity index (χ0n) is 12.2. The van der Waals surface area contributed by atoms with Gasteiger partial charge >= 0.3 is 6.18 Å². The molecule has 22 heavy (non-hydrogen) atoms. The van der Waals surface area contributed by atoms with Crippen molar-refractivity contribution in [2.75, 3.05) is 0 Å². The van der Waals surface area contributed by atoms with Gasteiger partial charge in [0, 0.05) is 18.2 Å². The summed E-state index contributed by atoms with van der Waals surface area (Å²) in [5.74, 6) is 2.80. The Kier molecular flexibility index (Phi) is 6.77. The minimum atomic E-state index is -5.00. The monoisotopic (exact) mass is 311 g/mol. The van der Waals surface area contributed by atoms with E-state index in [1.54, 1.807) is 0 Å². The zero-order chi connectivity index (χ0) is 16.6. The van der Waals surface area contributed by atoms with E-state index >= 15 is 0 Å². The summed E-state index contributed by atoms with van der Waals surface area (Å²) in [5, 5.41) is 0. The summed E-state index contributed by atoms with van der Waals surface area (Å²) in [6.45, 7) is 2.09. The molecule has 1 rings (SSSR count). The van der Waals surface area contributed by atoms with Gasteiger partial charge in [-0.15, -0.1) is 0 Å².